The number of hydrogen-bond acceptors (Lipinski definition) is 5. The minimum atomic E-state index is -3.65. The molecule has 0 heterocycles. The van der Waals surface area contributed by atoms with Crippen molar-refractivity contribution in [3.63, 3.8) is 0 Å². The van der Waals surface area contributed by atoms with E-state index in [0.29, 0.717) is 12.8 Å². The third kappa shape index (κ3) is 7.35. The van der Waals surface area contributed by atoms with E-state index in [4.69, 9.17) is 25.4 Å². The summed E-state index contributed by atoms with van der Waals surface area (Å²) in [6, 6.07) is 9.67. The van der Waals surface area contributed by atoms with Gasteiger partial charge in [0.25, 0.3) is 0 Å². The van der Waals surface area contributed by atoms with Crippen molar-refractivity contribution in [2.75, 3.05) is 5.88 Å². The van der Waals surface area contributed by atoms with Gasteiger partial charge in [0.1, 0.15) is 5.88 Å². The van der Waals surface area contributed by atoms with Gasteiger partial charge in [0, 0.05) is 6.42 Å². The van der Waals surface area contributed by atoms with Crippen molar-refractivity contribution in [1.82, 2.24) is 0 Å². The predicted molar refractivity (Wildman–Crippen MR) is 95.4 cm³/mol. The van der Waals surface area contributed by atoms with Gasteiger partial charge >= 0.3 is 13.6 Å². The van der Waals surface area contributed by atoms with Crippen LogP contribution in [0.3, 0.4) is 0 Å². The highest BCUT2D eigenvalue weighted by Gasteiger charge is 2.40. The van der Waals surface area contributed by atoms with Gasteiger partial charge in [-0.3, -0.25) is 9.36 Å². The summed E-state index contributed by atoms with van der Waals surface area (Å²) in [5.41, 5.74) is 1.05. The highest BCUT2D eigenvalue weighted by molar-refractivity contribution is 7.54. The van der Waals surface area contributed by atoms with Gasteiger partial charge in [-0.15, -0.1) is 11.6 Å². The second-order valence-electron chi connectivity index (χ2n) is 5.95. The summed E-state index contributed by atoms with van der Waals surface area (Å²) >= 11 is 5.53. The van der Waals surface area contributed by atoms with Crippen LogP contribution in [0.25, 0.3) is 0 Å². The van der Waals surface area contributed by atoms with Crippen LogP contribution in [0.15, 0.2) is 30.3 Å². The summed E-state index contributed by atoms with van der Waals surface area (Å²) in [4.78, 5) is 11.7. The number of alkyl halides is 1. The van der Waals surface area contributed by atoms with Crippen LogP contribution in [0.2, 0.25) is 0 Å². The Hall–Kier alpha value is -0.870. The Bertz CT molecular complexity index is 533. The van der Waals surface area contributed by atoms with Gasteiger partial charge in [-0.2, -0.15) is 0 Å². The first-order valence-electron chi connectivity index (χ1n) is 8.02. The molecule has 0 spiro atoms. The molecule has 0 aromatic heterocycles. The molecule has 1 rings (SSSR count). The molecule has 24 heavy (non-hydrogen) atoms. The van der Waals surface area contributed by atoms with Crippen LogP contribution in [-0.2, 0) is 29.6 Å². The lowest BCUT2D eigenvalue weighted by Crippen LogP contribution is -2.25. The van der Waals surface area contributed by atoms with Crippen LogP contribution in [0, 0.1) is 0 Å². The van der Waals surface area contributed by atoms with Crippen molar-refractivity contribution >= 4 is 25.2 Å². The standard InChI is InChI=1S/C17H26ClO5P/c1-13(2)22-24(20,23-14(3)4)17(21-16(19)12-18)11-10-15-8-6-5-7-9-15/h5-9,13-14,17H,10-12H2,1-4H3/t17-/m0/s1. The summed E-state index contributed by atoms with van der Waals surface area (Å²) in [7, 11) is -3.65. The maximum atomic E-state index is 13.2. The van der Waals surface area contributed by atoms with Crippen molar-refractivity contribution in [2.45, 2.75) is 58.6 Å². The third-order valence-electron chi connectivity index (χ3n) is 2.97. The second kappa shape index (κ2) is 10.2. The molecule has 0 amide bonds. The molecule has 7 heteroatoms. The first-order chi connectivity index (χ1) is 11.3. The van der Waals surface area contributed by atoms with Gasteiger partial charge in [-0.1, -0.05) is 30.3 Å². The van der Waals surface area contributed by atoms with Gasteiger partial charge in [-0.25, -0.2) is 0 Å². The average molecular weight is 377 g/mol. The minimum absolute atomic E-state index is 0.314. The van der Waals surface area contributed by atoms with Crippen molar-refractivity contribution in [3.05, 3.63) is 35.9 Å². The molecule has 5 nitrogen and oxygen atoms in total. The van der Waals surface area contributed by atoms with E-state index in [1.54, 1.807) is 27.7 Å². The largest absolute Gasteiger partial charge is 0.448 e. The normalized spacial score (nSPS) is 13.3. The number of esters is 1. The number of halogens is 1. The van der Waals surface area contributed by atoms with Crippen molar-refractivity contribution < 1.29 is 23.1 Å². The van der Waals surface area contributed by atoms with E-state index in [9.17, 15) is 9.36 Å². The Morgan fingerprint density at radius 3 is 2.08 bits per heavy atom. The molecule has 1 atom stereocenters. The molecule has 0 bridgehead atoms. The van der Waals surface area contributed by atoms with Crippen LogP contribution < -0.4 is 0 Å². The van der Waals surface area contributed by atoms with Crippen LogP contribution in [0.5, 0.6) is 0 Å². The number of carbonyl (C=O) groups excluding carboxylic acids is 1. The van der Waals surface area contributed by atoms with E-state index in [1.807, 2.05) is 30.3 Å². The average Bonchev–Trinajstić information content (AvgIpc) is 2.50. The molecule has 0 radical (unpaired) electrons. The van der Waals surface area contributed by atoms with Gasteiger partial charge in [-0.05, 0) is 39.7 Å². The molecule has 136 valence electrons. The summed E-state index contributed by atoms with van der Waals surface area (Å²) in [5, 5.41) is 0. The number of aryl methyl sites for hydroxylation is 1. The molecule has 0 aliphatic carbocycles. The van der Waals surface area contributed by atoms with Crippen molar-refractivity contribution in [3.8, 4) is 0 Å². The second-order valence-corrected chi connectivity index (χ2v) is 8.30. The van der Waals surface area contributed by atoms with E-state index in [2.05, 4.69) is 0 Å². The topological polar surface area (TPSA) is 61.8 Å². The van der Waals surface area contributed by atoms with E-state index >= 15 is 0 Å². The molecular formula is C17H26ClO5P. The maximum absolute atomic E-state index is 13.2. The number of benzene rings is 1. The smallest absolute Gasteiger partial charge is 0.371 e. The molecule has 0 aliphatic rings. The lowest BCUT2D eigenvalue weighted by atomic mass is 10.1. The summed E-state index contributed by atoms with van der Waals surface area (Å²) in [6.07, 6.45) is 0.240. The van der Waals surface area contributed by atoms with Gasteiger partial charge in [0.05, 0.1) is 12.2 Å². The van der Waals surface area contributed by atoms with Crippen molar-refractivity contribution in [2.24, 2.45) is 0 Å². The summed E-state index contributed by atoms with van der Waals surface area (Å²) in [6.45, 7) is 7.03. The fourth-order valence-corrected chi connectivity index (χ4v) is 4.40. The summed E-state index contributed by atoms with van der Waals surface area (Å²) in [5.74, 6) is -1.95. The Morgan fingerprint density at radius 1 is 1.08 bits per heavy atom. The number of hydrogen-bond donors (Lipinski definition) is 0. The zero-order valence-electron chi connectivity index (χ0n) is 14.6. The number of rotatable bonds is 10. The van der Waals surface area contributed by atoms with E-state index in [1.165, 1.54) is 0 Å². The van der Waals surface area contributed by atoms with Gasteiger partial charge in [0.2, 0.25) is 5.85 Å². The lowest BCUT2D eigenvalue weighted by molar-refractivity contribution is -0.143. The van der Waals surface area contributed by atoms with E-state index in [-0.39, 0.29) is 18.1 Å². The summed E-state index contributed by atoms with van der Waals surface area (Å²) < 4.78 is 29.7. The first-order valence-corrected chi connectivity index (χ1v) is 10.2. The maximum Gasteiger partial charge on any atom is 0.371 e. The molecule has 0 unspecified atom stereocenters. The highest BCUT2D eigenvalue weighted by atomic mass is 35.5. The SMILES string of the molecule is CC(C)OP(=O)(OC(C)C)[C@@H](CCc1ccccc1)OC(=O)CCl. The molecule has 0 aliphatic heterocycles. The van der Waals surface area contributed by atoms with Crippen LogP contribution in [0.1, 0.15) is 39.7 Å². The van der Waals surface area contributed by atoms with Crippen LogP contribution >= 0.6 is 19.2 Å². The molecular weight excluding hydrogens is 351 g/mol. The Morgan fingerprint density at radius 2 is 1.62 bits per heavy atom. The van der Waals surface area contributed by atoms with E-state index < -0.39 is 19.4 Å². The number of carbonyl (C=O) groups is 1. The third-order valence-corrected chi connectivity index (χ3v) is 5.69. The Kier molecular flexibility index (Phi) is 8.99. The molecule has 0 saturated heterocycles. The Labute approximate surface area is 149 Å². The Balaban J connectivity index is 2.98. The number of ether oxygens (including phenoxy) is 1. The quantitative estimate of drug-likeness (QED) is 0.334. The first kappa shape index (κ1) is 21.2. The monoisotopic (exact) mass is 376 g/mol. The fraction of sp³-hybridized carbons (Fsp3) is 0.588. The highest BCUT2D eigenvalue weighted by Crippen LogP contribution is 2.56. The minimum Gasteiger partial charge on any atom is -0.448 e. The predicted octanol–water partition coefficient (Wildman–Crippen LogP) is 4.77. The van der Waals surface area contributed by atoms with Crippen molar-refractivity contribution in [1.29, 1.82) is 0 Å². The van der Waals surface area contributed by atoms with Crippen LogP contribution in [0.4, 0.5) is 0 Å². The zero-order chi connectivity index (χ0) is 18.2. The van der Waals surface area contributed by atoms with E-state index in [0.717, 1.165) is 5.56 Å². The molecule has 0 fully saturated rings. The fourth-order valence-electron chi connectivity index (χ4n) is 2.15. The molecule has 1 aromatic rings. The molecule has 0 N–H and O–H groups in total. The van der Waals surface area contributed by atoms with Gasteiger partial charge < -0.3 is 13.8 Å². The van der Waals surface area contributed by atoms with Gasteiger partial charge in [0.15, 0.2) is 0 Å². The lowest BCUT2D eigenvalue weighted by Gasteiger charge is -2.29. The van der Waals surface area contributed by atoms with Crippen LogP contribution in [-0.4, -0.2) is 29.9 Å². The molecule has 0 saturated carbocycles. The zero-order valence-corrected chi connectivity index (χ0v) is 16.3. The molecule has 1 aromatic carbocycles.